The van der Waals surface area contributed by atoms with E-state index >= 15 is 0 Å². The molecule has 0 rings (SSSR count). The number of hydrogen-bond donors (Lipinski definition) is 3. The molecule has 0 bridgehead atoms. The van der Waals surface area contributed by atoms with Crippen molar-refractivity contribution in [3.8, 4) is 0 Å². The molecule has 0 heterocycles. The molecule has 0 aliphatic rings. The fraction of sp³-hybridized carbons (Fsp3) is 0.909. The van der Waals surface area contributed by atoms with Crippen molar-refractivity contribution in [3.05, 3.63) is 0 Å². The van der Waals surface area contributed by atoms with E-state index in [4.69, 9.17) is 5.73 Å². The van der Waals surface area contributed by atoms with Crippen LogP contribution in [-0.2, 0) is 14.8 Å². The molecule has 6 nitrogen and oxygen atoms in total. The molecule has 0 saturated carbocycles. The van der Waals surface area contributed by atoms with Crippen LogP contribution < -0.4 is 15.8 Å². The van der Waals surface area contributed by atoms with Crippen molar-refractivity contribution in [2.45, 2.75) is 39.7 Å². The molecule has 7 heteroatoms. The predicted octanol–water partition coefficient (Wildman–Crippen LogP) is -0.195. The van der Waals surface area contributed by atoms with E-state index in [2.05, 4.69) is 10.0 Å². The summed E-state index contributed by atoms with van der Waals surface area (Å²) in [5.74, 6) is 0.266. The van der Waals surface area contributed by atoms with Crippen LogP contribution in [0.5, 0.6) is 0 Å². The van der Waals surface area contributed by atoms with Crippen molar-refractivity contribution in [3.63, 3.8) is 0 Å². The molecule has 0 fully saturated rings. The number of hydrogen-bond acceptors (Lipinski definition) is 4. The fourth-order valence-corrected chi connectivity index (χ4v) is 2.04. The van der Waals surface area contributed by atoms with Crippen molar-refractivity contribution in [2.75, 3.05) is 18.8 Å². The Balaban J connectivity index is 3.70. The molecule has 0 radical (unpaired) electrons. The van der Waals surface area contributed by atoms with Crippen LogP contribution in [0.25, 0.3) is 0 Å². The molecule has 108 valence electrons. The van der Waals surface area contributed by atoms with E-state index in [0.29, 0.717) is 31.8 Å². The first-order chi connectivity index (χ1) is 8.28. The average Bonchev–Trinajstić information content (AvgIpc) is 2.27. The van der Waals surface area contributed by atoms with Crippen LogP contribution in [-0.4, -0.2) is 39.2 Å². The SMILES string of the molecule is CCS(=O)(=O)NCCCNC(=O)[C@@H](N)CC(C)C. The molecule has 0 aromatic carbocycles. The van der Waals surface area contributed by atoms with E-state index < -0.39 is 16.1 Å². The predicted molar refractivity (Wildman–Crippen MR) is 72.5 cm³/mol. The Hall–Kier alpha value is -0.660. The highest BCUT2D eigenvalue weighted by Gasteiger charge is 2.14. The van der Waals surface area contributed by atoms with Crippen molar-refractivity contribution < 1.29 is 13.2 Å². The van der Waals surface area contributed by atoms with Gasteiger partial charge in [0.25, 0.3) is 0 Å². The number of amides is 1. The molecule has 0 spiro atoms. The molecular weight excluding hydrogens is 254 g/mol. The molecule has 0 saturated heterocycles. The quantitative estimate of drug-likeness (QED) is 0.509. The maximum atomic E-state index is 11.5. The Kier molecular flexibility index (Phi) is 8.13. The standard InChI is InChI=1S/C11H25N3O3S/c1-4-18(16,17)14-7-5-6-13-11(15)10(12)8-9(2)3/h9-10,14H,4-8,12H2,1-3H3,(H,13,15)/t10-/m0/s1. The Bertz CT molecular complexity index is 341. The third-order valence-electron chi connectivity index (χ3n) is 2.42. The maximum absolute atomic E-state index is 11.5. The lowest BCUT2D eigenvalue weighted by Crippen LogP contribution is -2.42. The van der Waals surface area contributed by atoms with Crippen LogP contribution in [0.15, 0.2) is 0 Å². The van der Waals surface area contributed by atoms with Crippen LogP contribution in [0.2, 0.25) is 0 Å². The lowest BCUT2D eigenvalue weighted by molar-refractivity contribution is -0.122. The van der Waals surface area contributed by atoms with Crippen molar-refractivity contribution in [1.29, 1.82) is 0 Å². The second-order valence-electron chi connectivity index (χ2n) is 4.68. The minimum absolute atomic E-state index is 0.0681. The summed E-state index contributed by atoms with van der Waals surface area (Å²) in [6, 6.07) is -0.489. The Labute approximate surface area is 110 Å². The van der Waals surface area contributed by atoms with E-state index in [0.717, 1.165) is 0 Å². The first-order valence-electron chi connectivity index (χ1n) is 6.29. The average molecular weight is 279 g/mol. The van der Waals surface area contributed by atoms with Crippen LogP contribution in [0.1, 0.15) is 33.6 Å². The number of rotatable bonds is 9. The lowest BCUT2D eigenvalue weighted by atomic mass is 10.0. The number of carbonyl (C=O) groups is 1. The van der Waals surface area contributed by atoms with Gasteiger partial charge in [-0.05, 0) is 25.7 Å². The van der Waals surface area contributed by atoms with E-state index in [1.807, 2.05) is 13.8 Å². The summed E-state index contributed by atoms with van der Waals surface area (Å²) >= 11 is 0. The first-order valence-corrected chi connectivity index (χ1v) is 7.94. The monoisotopic (exact) mass is 279 g/mol. The van der Waals surface area contributed by atoms with E-state index in [1.54, 1.807) is 6.92 Å². The normalized spacial score (nSPS) is 13.6. The first kappa shape index (κ1) is 17.3. The van der Waals surface area contributed by atoms with Gasteiger partial charge in [-0.3, -0.25) is 4.79 Å². The van der Waals surface area contributed by atoms with Crippen LogP contribution in [0.4, 0.5) is 0 Å². The number of nitrogens with two attached hydrogens (primary N) is 1. The van der Waals surface area contributed by atoms with E-state index in [9.17, 15) is 13.2 Å². The van der Waals surface area contributed by atoms with Gasteiger partial charge in [-0.2, -0.15) is 0 Å². The molecule has 0 aromatic heterocycles. The lowest BCUT2D eigenvalue weighted by Gasteiger charge is -2.14. The number of carbonyl (C=O) groups excluding carboxylic acids is 1. The molecule has 0 aromatic rings. The highest BCUT2D eigenvalue weighted by Crippen LogP contribution is 2.02. The molecule has 1 atom stereocenters. The van der Waals surface area contributed by atoms with Gasteiger partial charge < -0.3 is 11.1 Å². The third-order valence-corrected chi connectivity index (χ3v) is 3.82. The van der Waals surface area contributed by atoms with Gasteiger partial charge >= 0.3 is 0 Å². The molecule has 0 unspecified atom stereocenters. The van der Waals surface area contributed by atoms with Gasteiger partial charge in [0.15, 0.2) is 0 Å². The van der Waals surface area contributed by atoms with Gasteiger partial charge in [-0.25, -0.2) is 13.1 Å². The van der Waals surface area contributed by atoms with Crippen LogP contribution in [0.3, 0.4) is 0 Å². The number of sulfonamides is 1. The largest absolute Gasteiger partial charge is 0.355 e. The summed E-state index contributed by atoms with van der Waals surface area (Å²) in [5, 5.41) is 2.69. The zero-order valence-electron chi connectivity index (χ0n) is 11.4. The summed E-state index contributed by atoms with van der Waals surface area (Å²) in [6.07, 6.45) is 1.20. The second kappa shape index (κ2) is 8.44. The molecule has 0 aliphatic heterocycles. The Morgan fingerprint density at radius 3 is 2.39 bits per heavy atom. The summed E-state index contributed by atoms with van der Waals surface area (Å²) in [6.45, 7) is 6.35. The van der Waals surface area contributed by atoms with Crippen LogP contribution >= 0.6 is 0 Å². The third kappa shape index (κ3) is 8.43. The highest BCUT2D eigenvalue weighted by atomic mass is 32.2. The molecular formula is C11H25N3O3S. The molecule has 0 aliphatic carbocycles. The van der Waals surface area contributed by atoms with Gasteiger partial charge in [-0.1, -0.05) is 13.8 Å². The minimum atomic E-state index is -3.14. The van der Waals surface area contributed by atoms with Crippen molar-refractivity contribution in [1.82, 2.24) is 10.0 Å². The summed E-state index contributed by atoms with van der Waals surface area (Å²) in [5.41, 5.74) is 5.70. The summed E-state index contributed by atoms with van der Waals surface area (Å²) in [7, 11) is -3.14. The summed E-state index contributed by atoms with van der Waals surface area (Å²) in [4.78, 5) is 11.5. The topological polar surface area (TPSA) is 101 Å². The van der Waals surface area contributed by atoms with Gasteiger partial charge in [0, 0.05) is 13.1 Å². The van der Waals surface area contributed by atoms with Crippen molar-refractivity contribution >= 4 is 15.9 Å². The van der Waals surface area contributed by atoms with Gasteiger partial charge in [0.2, 0.25) is 15.9 Å². The van der Waals surface area contributed by atoms with Crippen LogP contribution in [0, 0.1) is 5.92 Å². The molecule has 1 amide bonds. The number of nitrogens with one attached hydrogen (secondary N) is 2. The highest BCUT2D eigenvalue weighted by molar-refractivity contribution is 7.89. The van der Waals surface area contributed by atoms with E-state index in [1.165, 1.54) is 0 Å². The van der Waals surface area contributed by atoms with Gasteiger partial charge in [0.1, 0.15) is 0 Å². The van der Waals surface area contributed by atoms with E-state index in [-0.39, 0.29) is 11.7 Å². The Morgan fingerprint density at radius 1 is 1.28 bits per heavy atom. The second-order valence-corrected chi connectivity index (χ2v) is 6.77. The zero-order valence-corrected chi connectivity index (χ0v) is 12.2. The summed E-state index contributed by atoms with van der Waals surface area (Å²) < 4.78 is 24.6. The maximum Gasteiger partial charge on any atom is 0.236 e. The molecule has 4 N–H and O–H groups in total. The zero-order chi connectivity index (χ0) is 14.2. The van der Waals surface area contributed by atoms with Crippen molar-refractivity contribution in [2.24, 2.45) is 11.7 Å². The molecule has 18 heavy (non-hydrogen) atoms. The minimum Gasteiger partial charge on any atom is -0.355 e. The fourth-order valence-electron chi connectivity index (χ4n) is 1.38. The van der Waals surface area contributed by atoms with Gasteiger partial charge in [0.05, 0.1) is 11.8 Å². The smallest absolute Gasteiger partial charge is 0.236 e. The van der Waals surface area contributed by atoms with Gasteiger partial charge in [-0.15, -0.1) is 0 Å². The Morgan fingerprint density at radius 2 is 1.89 bits per heavy atom.